The van der Waals surface area contributed by atoms with Crippen LogP contribution in [0.3, 0.4) is 0 Å². The number of carbonyl (C=O) groups is 1. The van der Waals surface area contributed by atoms with Crippen molar-refractivity contribution in [2.24, 2.45) is 5.92 Å². The Balaban J connectivity index is 2.67. The third kappa shape index (κ3) is 4.87. The average molecular weight is 334 g/mol. The molecule has 0 spiro atoms. The van der Waals surface area contributed by atoms with Crippen molar-refractivity contribution in [1.29, 1.82) is 0 Å². The minimum absolute atomic E-state index is 0.0449. The minimum atomic E-state index is -0.164. The summed E-state index contributed by atoms with van der Waals surface area (Å²) in [5.74, 6) is 0.257. The SMILES string of the molecule is CCC(CC)C(Cl)CNC(=O)c1cc(SC)ccc1Cl. The van der Waals surface area contributed by atoms with Crippen LogP contribution >= 0.6 is 35.0 Å². The predicted octanol–water partition coefficient (Wildman–Crippen LogP) is 4.84. The van der Waals surface area contributed by atoms with E-state index in [-0.39, 0.29) is 11.3 Å². The number of rotatable bonds is 7. The highest BCUT2D eigenvalue weighted by Gasteiger charge is 2.18. The first-order valence-corrected chi connectivity index (χ1v) is 8.83. The van der Waals surface area contributed by atoms with Crippen LogP contribution in [0.5, 0.6) is 0 Å². The summed E-state index contributed by atoms with van der Waals surface area (Å²) in [5, 5.41) is 3.30. The van der Waals surface area contributed by atoms with E-state index in [1.54, 1.807) is 17.8 Å². The van der Waals surface area contributed by atoms with Gasteiger partial charge in [0.1, 0.15) is 0 Å². The van der Waals surface area contributed by atoms with E-state index in [1.165, 1.54) is 0 Å². The molecular weight excluding hydrogens is 313 g/mol. The summed E-state index contributed by atoms with van der Waals surface area (Å²) in [6, 6.07) is 5.46. The van der Waals surface area contributed by atoms with Gasteiger partial charge in [-0.25, -0.2) is 0 Å². The van der Waals surface area contributed by atoms with Gasteiger partial charge < -0.3 is 5.32 Å². The summed E-state index contributed by atoms with van der Waals surface area (Å²) < 4.78 is 0. The molecule has 1 unspecified atom stereocenters. The summed E-state index contributed by atoms with van der Waals surface area (Å²) >= 11 is 14.0. The maximum atomic E-state index is 12.2. The second-order valence-corrected chi connectivity index (χ2v) is 6.50. The average Bonchev–Trinajstić information content (AvgIpc) is 2.46. The van der Waals surface area contributed by atoms with Gasteiger partial charge in [0.2, 0.25) is 0 Å². The zero-order valence-corrected chi connectivity index (χ0v) is 14.4. The Labute approximate surface area is 135 Å². The van der Waals surface area contributed by atoms with E-state index in [1.807, 2.05) is 18.4 Å². The van der Waals surface area contributed by atoms with Crippen molar-refractivity contribution in [2.75, 3.05) is 12.8 Å². The lowest BCUT2D eigenvalue weighted by molar-refractivity contribution is 0.0951. The molecule has 0 saturated carbocycles. The molecule has 2 nitrogen and oxygen atoms in total. The third-order valence-corrected chi connectivity index (χ3v) is 5.00. The molecular formula is C15H21Cl2NOS. The van der Waals surface area contributed by atoms with Gasteiger partial charge in [0.05, 0.1) is 16.0 Å². The van der Waals surface area contributed by atoms with Gasteiger partial charge >= 0.3 is 0 Å². The Morgan fingerprint density at radius 2 is 2.00 bits per heavy atom. The molecule has 1 N–H and O–H groups in total. The number of hydrogen-bond donors (Lipinski definition) is 1. The number of amides is 1. The molecule has 0 bridgehead atoms. The van der Waals surface area contributed by atoms with Crippen molar-refractivity contribution in [1.82, 2.24) is 5.32 Å². The molecule has 0 heterocycles. The van der Waals surface area contributed by atoms with Gasteiger partial charge in [0.25, 0.3) is 5.91 Å². The molecule has 0 aliphatic carbocycles. The molecule has 0 radical (unpaired) electrons. The van der Waals surface area contributed by atoms with E-state index >= 15 is 0 Å². The van der Waals surface area contributed by atoms with E-state index in [9.17, 15) is 4.79 Å². The number of alkyl halides is 1. The van der Waals surface area contributed by atoms with E-state index in [0.29, 0.717) is 23.0 Å². The Morgan fingerprint density at radius 1 is 1.35 bits per heavy atom. The summed E-state index contributed by atoms with van der Waals surface area (Å²) in [5.41, 5.74) is 0.506. The number of nitrogens with one attached hydrogen (secondary N) is 1. The van der Waals surface area contributed by atoms with Gasteiger partial charge in [-0.1, -0.05) is 38.3 Å². The molecule has 1 aromatic carbocycles. The molecule has 5 heteroatoms. The number of halogens is 2. The molecule has 1 aromatic rings. The number of carbonyl (C=O) groups excluding carboxylic acids is 1. The topological polar surface area (TPSA) is 29.1 Å². The van der Waals surface area contributed by atoms with Crippen molar-refractivity contribution in [3.8, 4) is 0 Å². The quantitative estimate of drug-likeness (QED) is 0.571. The Morgan fingerprint density at radius 3 is 2.55 bits per heavy atom. The van der Waals surface area contributed by atoms with Crippen LogP contribution in [0, 0.1) is 5.92 Å². The van der Waals surface area contributed by atoms with Crippen LogP contribution < -0.4 is 5.32 Å². The van der Waals surface area contributed by atoms with Crippen molar-refractivity contribution in [3.63, 3.8) is 0 Å². The van der Waals surface area contributed by atoms with E-state index in [2.05, 4.69) is 19.2 Å². The first kappa shape index (κ1) is 17.7. The molecule has 0 aliphatic rings. The van der Waals surface area contributed by atoms with E-state index in [0.717, 1.165) is 17.7 Å². The molecule has 1 amide bonds. The first-order valence-electron chi connectivity index (χ1n) is 6.79. The second-order valence-electron chi connectivity index (χ2n) is 4.65. The van der Waals surface area contributed by atoms with Crippen LogP contribution in [-0.2, 0) is 0 Å². The van der Waals surface area contributed by atoms with Crippen LogP contribution in [0.4, 0.5) is 0 Å². The largest absolute Gasteiger partial charge is 0.350 e. The molecule has 112 valence electrons. The minimum Gasteiger partial charge on any atom is -0.350 e. The van der Waals surface area contributed by atoms with Crippen molar-refractivity contribution in [3.05, 3.63) is 28.8 Å². The highest BCUT2D eigenvalue weighted by atomic mass is 35.5. The number of benzene rings is 1. The van der Waals surface area contributed by atoms with Gasteiger partial charge in [0, 0.05) is 11.4 Å². The first-order chi connectivity index (χ1) is 9.53. The monoisotopic (exact) mass is 333 g/mol. The third-order valence-electron chi connectivity index (χ3n) is 3.44. The van der Waals surface area contributed by atoms with Crippen LogP contribution in [0.1, 0.15) is 37.0 Å². The molecule has 1 rings (SSSR count). The highest BCUT2D eigenvalue weighted by molar-refractivity contribution is 7.98. The lowest BCUT2D eigenvalue weighted by atomic mass is 9.99. The number of hydrogen-bond acceptors (Lipinski definition) is 2. The van der Waals surface area contributed by atoms with Crippen LogP contribution in [0.2, 0.25) is 5.02 Å². The second kappa shape index (κ2) is 8.81. The summed E-state index contributed by atoms with van der Waals surface area (Å²) in [6.45, 7) is 4.70. The molecule has 0 saturated heterocycles. The Bertz CT molecular complexity index is 449. The van der Waals surface area contributed by atoms with E-state index < -0.39 is 0 Å². The maximum Gasteiger partial charge on any atom is 0.252 e. The van der Waals surface area contributed by atoms with Crippen LogP contribution in [0.15, 0.2) is 23.1 Å². The molecule has 0 fully saturated rings. The smallest absolute Gasteiger partial charge is 0.252 e. The summed E-state index contributed by atoms with van der Waals surface area (Å²) in [4.78, 5) is 13.2. The van der Waals surface area contributed by atoms with Gasteiger partial charge in [0.15, 0.2) is 0 Å². The summed E-state index contributed by atoms with van der Waals surface area (Å²) in [7, 11) is 0. The predicted molar refractivity (Wildman–Crippen MR) is 89.3 cm³/mol. The molecule has 1 atom stereocenters. The fraction of sp³-hybridized carbons (Fsp3) is 0.533. The normalized spacial score (nSPS) is 12.5. The molecule has 0 aliphatic heterocycles. The summed E-state index contributed by atoms with van der Waals surface area (Å²) in [6.07, 6.45) is 4.00. The van der Waals surface area contributed by atoms with Gasteiger partial charge in [-0.15, -0.1) is 23.4 Å². The maximum absolute atomic E-state index is 12.2. The lowest BCUT2D eigenvalue weighted by Gasteiger charge is -2.19. The van der Waals surface area contributed by atoms with Crippen LogP contribution in [0.25, 0.3) is 0 Å². The van der Waals surface area contributed by atoms with Gasteiger partial charge in [-0.05, 0) is 30.4 Å². The van der Waals surface area contributed by atoms with E-state index in [4.69, 9.17) is 23.2 Å². The van der Waals surface area contributed by atoms with Gasteiger partial charge in [-0.2, -0.15) is 0 Å². The number of thioether (sulfide) groups is 1. The van der Waals surface area contributed by atoms with Crippen LogP contribution in [-0.4, -0.2) is 24.1 Å². The standard InChI is InChI=1S/C15H21Cl2NOS/c1-4-10(5-2)14(17)9-18-15(19)12-8-11(20-3)6-7-13(12)16/h6-8,10,14H,4-5,9H2,1-3H3,(H,18,19). The molecule has 20 heavy (non-hydrogen) atoms. The lowest BCUT2D eigenvalue weighted by Crippen LogP contribution is -2.33. The van der Waals surface area contributed by atoms with Gasteiger partial charge in [-0.3, -0.25) is 4.79 Å². The zero-order valence-electron chi connectivity index (χ0n) is 12.1. The highest BCUT2D eigenvalue weighted by Crippen LogP contribution is 2.23. The zero-order chi connectivity index (χ0) is 15.1. The fourth-order valence-electron chi connectivity index (χ4n) is 2.06. The Kier molecular flexibility index (Phi) is 7.78. The Hall–Kier alpha value is -0.380. The fourth-order valence-corrected chi connectivity index (χ4v) is 3.13. The van der Waals surface area contributed by atoms with Crippen molar-refractivity contribution in [2.45, 2.75) is 37.0 Å². The van der Waals surface area contributed by atoms with Crippen molar-refractivity contribution < 1.29 is 4.79 Å². The van der Waals surface area contributed by atoms with Crippen molar-refractivity contribution >= 4 is 40.9 Å². The molecule has 0 aromatic heterocycles.